The molecule has 1 N–H and O–H groups in total. The van der Waals surface area contributed by atoms with E-state index in [0.717, 1.165) is 41.7 Å². The first kappa shape index (κ1) is 27.7. The largest absolute Gasteiger partial charge is 0.458 e. The molecular weight excluding hydrogens is 512 g/mol. The fourth-order valence-corrected chi connectivity index (χ4v) is 8.61. The molecule has 1 unspecified atom stereocenters. The van der Waals surface area contributed by atoms with Crippen molar-refractivity contribution in [1.29, 1.82) is 0 Å². The highest BCUT2D eigenvalue weighted by Gasteiger charge is 2.65. The quantitative estimate of drug-likeness (QED) is 0.432. The van der Waals surface area contributed by atoms with Crippen LogP contribution in [0.3, 0.4) is 0 Å². The zero-order valence-corrected chi connectivity index (χ0v) is 23.7. The first-order chi connectivity index (χ1) is 18.6. The van der Waals surface area contributed by atoms with Crippen LogP contribution >= 0.6 is 0 Å². The van der Waals surface area contributed by atoms with E-state index in [2.05, 4.69) is 30.9 Å². The minimum Gasteiger partial charge on any atom is -0.458 e. The molecule has 1 aromatic carbocycles. The Morgan fingerprint density at radius 1 is 1.15 bits per heavy atom. The number of aliphatic hydroxyl groups excluding tert-OH is 1. The maximum Gasteiger partial charge on any atom is 0.303 e. The summed E-state index contributed by atoms with van der Waals surface area (Å²) in [6.45, 7) is 2.79. The lowest BCUT2D eigenvalue weighted by atomic mass is 9.48. The summed E-state index contributed by atoms with van der Waals surface area (Å²) in [6, 6.07) is 7.95. The summed E-state index contributed by atoms with van der Waals surface area (Å²) in [5, 5.41) is 9.62. The molecule has 2 fully saturated rings. The van der Waals surface area contributed by atoms with Crippen molar-refractivity contribution in [2.75, 3.05) is 19.5 Å². The second-order valence-corrected chi connectivity index (χ2v) is 13.0. The number of hydrogen-bond acceptors (Lipinski definition) is 6. The van der Waals surface area contributed by atoms with Gasteiger partial charge in [0.05, 0.1) is 5.41 Å². The van der Waals surface area contributed by atoms with Gasteiger partial charge in [-0.05, 0) is 90.7 Å². The average molecular weight is 549 g/mol. The van der Waals surface area contributed by atoms with Crippen molar-refractivity contribution in [1.82, 2.24) is 0 Å². The summed E-state index contributed by atoms with van der Waals surface area (Å²) < 4.78 is 17.3. The predicted molar refractivity (Wildman–Crippen MR) is 148 cm³/mol. The third-order valence-corrected chi connectivity index (χ3v) is 10.7. The predicted octanol–water partition coefficient (Wildman–Crippen LogP) is 4.44. The van der Waals surface area contributed by atoms with Gasteiger partial charge < -0.3 is 9.84 Å². The Labute approximate surface area is 232 Å². The Morgan fingerprint density at radius 2 is 1.90 bits per heavy atom. The zero-order chi connectivity index (χ0) is 27.9. The number of benzene rings is 1. The van der Waals surface area contributed by atoms with Crippen molar-refractivity contribution in [3.63, 3.8) is 0 Å². The number of carbonyl (C=O) groups is 3. The molecule has 1 aromatic rings. The summed E-state index contributed by atoms with van der Waals surface area (Å²) >= 11 is 0. The van der Waals surface area contributed by atoms with Gasteiger partial charge in [0.2, 0.25) is 0 Å². The van der Waals surface area contributed by atoms with Crippen molar-refractivity contribution < 1.29 is 28.4 Å². The van der Waals surface area contributed by atoms with Crippen LogP contribution in [-0.2, 0) is 29.9 Å². The molecular formula is C32H36O6S. The third-order valence-electron chi connectivity index (χ3n) is 9.81. The van der Waals surface area contributed by atoms with E-state index in [1.165, 1.54) is 18.1 Å². The van der Waals surface area contributed by atoms with Crippen molar-refractivity contribution in [3.8, 4) is 11.8 Å². The number of allylic oxidation sites excluding steroid dienone is 4. The fourth-order valence-electron chi connectivity index (χ4n) is 8.09. The Kier molecular flexibility index (Phi) is 7.56. The van der Waals surface area contributed by atoms with Crippen LogP contribution in [0.1, 0.15) is 70.3 Å². The first-order valence-corrected chi connectivity index (χ1v) is 15.3. The number of carbonyl (C=O) groups excluding carboxylic acids is 3. The molecule has 206 valence electrons. The number of aliphatic hydroxyl groups is 1. The monoisotopic (exact) mass is 548 g/mol. The standard InChI is InChI=1S/C32H36O6S/c1-20(34)38-19-29(36)32(14-4-16-33)15-13-28-26-11-7-22-17-23(35)8-12-25(22)30(26)27(18-31(28,32)2)21-5-9-24(10-6-21)39(3)37/h5-6,9-10,17,26-28,33H,7-8,11-13,15-16,18-19H2,1-3H3/t26-,27+,28-,31-,32-,39?/m0/s1. The van der Waals surface area contributed by atoms with Gasteiger partial charge in [0.25, 0.3) is 0 Å². The van der Waals surface area contributed by atoms with Gasteiger partial charge >= 0.3 is 5.97 Å². The maximum absolute atomic E-state index is 13.9. The van der Waals surface area contributed by atoms with Crippen molar-refractivity contribution in [3.05, 3.63) is 52.6 Å². The molecule has 5 rings (SSSR count). The highest BCUT2D eigenvalue weighted by molar-refractivity contribution is 7.84. The summed E-state index contributed by atoms with van der Waals surface area (Å²) in [4.78, 5) is 38.5. The minimum absolute atomic E-state index is 0.0115. The number of ether oxygens (including phenoxy) is 1. The third kappa shape index (κ3) is 4.66. The topological polar surface area (TPSA) is 97.7 Å². The van der Waals surface area contributed by atoms with Gasteiger partial charge in [0.15, 0.2) is 18.2 Å². The van der Waals surface area contributed by atoms with Gasteiger partial charge in [-0.2, -0.15) is 0 Å². The minimum atomic E-state index is -1.09. The number of fused-ring (bicyclic) bond motifs is 4. The lowest BCUT2D eigenvalue weighted by Gasteiger charge is -2.54. The fraction of sp³-hybridized carbons (Fsp3) is 0.531. The molecule has 0 aromatic heterocycles. The van der Waals surface area contributed by atoms with Crippen LogP contribution in [0, 0.1) is 34.5 Å². The second kappa shape index (κ2) is 10.6. The average Bonchev–Trinajstić information content (AvgIpc) is 3.22. The van der Waals surface area contributed by atoms with Gasteiger partial charge in [-0.1, -0.05) is 36.5 Å². The molecule has 39 heavy (non-hydrogen) atoms. The Morgan fingerprint density at radius 3 is 2.56 bits per heavy atom. The SMILES string of the molecule is CC(=O)OCC(=O)[C@]1(C#CCO)CC[C@H]2[C@@H]3CCC4=CC(=O)CCC4=C3[C@@H](c3ccc(S(C)=O)cc3)C[C@@]21C. The van der Waals surface area contributed by atoms with Crippen LogP contribution in [0.5, 0.6) is 0 Å². The van der Waals surface area contributed by atoms with E-state index >= 15 is 0 Å². The van der Waals surface area contributed by atoms with Crippen LogP contribution in [0.25, 0.3) is 0 Å². The molecule has 6 nitrogen and oxygen atoms in total. The summed E-state index contributed by atoms with van der Waals surface area (Å²) in [5.41, 5.74) is 3.43. The first-order valence-electron chi connectivity index (χ1n) is 13.8. The van der Waals surface area contributed by atoms with Crippen molar-refractivity contribution in [2.24, 2.45) is 22.7 Å². The van der Waals surface area contributed by atoms with Crippen molar-refractivity contribution in [2.45, 2.75) is 69.6 Å². The van der Waals surface area contributed by atoms with E-state index in [-0.39, 0.29) is 42.5 Å². The van der Waals surface area contributed by atoms with E-state index < -0.39 is 27.6 Å². The molecule has 4 aliphatic carbocycles. The lowest BCUT2D eigenvalue weighted by molar-refractivity contribution is -0.150. The number of Topliss-reactive ketones (excluding diaryl/α,β-unsaturated/α-hetero) is 1. The molecule has 7 heteroatoms. The van der Waals surface area contributed by atoms with Gasteiger partial charge in [0, 0.05) is 41.2 Å². The lowest BCUT2D eigenvalue weighted by Crippen LogP contribution is -2.51. The number of esters is 1. The molecule has 2 saturated carbocycles. The van der Waals surface area contributed by atoms with E-state index in [0.29, 0.717) is 19.3 Å². The molecule has 0 radical (unpaired) electrons. The van der Waals surface area contributed by atoms with Crippen LogP contribution < -0.4 is 0 Å². The molecule has 0 amide bonds. The van der Waals surface area contributed by atoms with Gasteiger partial charge in [0.1, 0.15) is 6.61 Å². The summed E-state index contributed by atoms with van der Waals surface area (Å²) in [6.07, 6.45) is 8.58. The van der Waals surface area contributed by atoms with Crippen LogP contribution in [0.2, 0.25) is 0 Å². The molecule has 0 saturated heterocycles. The second-order valence-electron chi connectivity index (χ2n) is 11.6. The van der Waals surface area contributed by atoms with E-state index in [1.54, 1.807) is 6.26 Å². The van der Waals surface area contributed by atoms with E-state index in [1.807, 2.05) is 18.2 Å². The zero-order valence-electron chi connectivity index (χ0n) is 22.9. The smallest absolute Gasteiger partial charge is 0.303 e. The highest BCUT2D eigenvalue weighted by atomic mass is 32.2. The molecule has 6 atom stereocenters. The summed E-state index contributed by atoms with van der Waals surface area (Å²) in [5.74, 6) is 5.96. The highest BCUT2D eigenvalue weighted by Crippen LogP contribution is 2.69. The molecule has 4 aliphatic rings. The maximum atomic E-state index is 13.9. The normalized spacial score (nSPS) is 32.2. The number of hydrogen-bond donors (Lipinski definition) is 1. The molecule has 0 bridgehead atoms. The van der Waals surface area contributed by atoms with Crippen LogP contribution in [0.4, 0.5) is 0 Å². The van der Waals surface area contributed by atoms with E-state index in [9.17, 15) is 23.7 Å². The Balaban J connectivity index is 1.67. The van der Waals surface area contributed by atoms with Crippen LogP contribution in [0.15, 0.2) is 52.0 Å². The molecule has 0 heterocycles. The molecule has 0 spiro atoms. The van der Waals surface area contributed by atoms with Crippen molar-refractivity contribution >= 4 is 28.3 Å². The number of rotatable bonds is 5. The Hall–Kier alpha value is -2.82. The molecule has 0 aliphatic heterocycles. The van der Waals surface area contributed by atoms with E-state index in [4.69, 9.17) is 4.74 Å². The van der Waals surface area contributed by atoms with Gasteiger partial charge in [-0.3, -0.25) is 18.6 Å². The number of ketones is 2. The summed E-state index contributed by atoms with van der Waals surface area (Å²) in [7, 11) is -1.09. The van der Waals surface area contributed by atoms with Gasteiger partial charge in [-0.25, -0.2) is 0 Å². The van der Waals surface area contributed by atoms with Gasteiger partial charge in [-0.15, -0.1) is 0 Å². The van der Waals surface area contributed by atoms with Crippen LogP contribution in [-0.4, -0.2) is 46.3 Å². The Bertz CT molecular complexity index is 1360.